The lowest BCUT2D eigenvalue weighted by molar-refractivity contribution is -0.212. The summed E-state index contributed by atoms with van der Waals surface area (Å²) in [6, 6.07) is 0. The number of halogens is 2. The highest BCUT2D eigenvalue weighted by Gasteiger charge is 2.32. The van der Waals surface area contributed by atoms with Crippen molar-refractivity contribution in [2.45, 2.75) is 32.3 Å². The zero-order valence-corrected chi connectivity index (χ0v) is 6.14. The minimum atomic E-state index is -3.53. The van der Waals surface area contributed by atoms with Crippen LogP contribution in [-0.2, 0) is 4.74 Å². The number of hydrogen-bond acceptors (Lipinski definition) is 2. The van der Waals surface area contributed by atoms with Gasteiger partial charge in [0.1, 0.15) is 0 Å². The molecule has 0 saturated heterocycles. The second-order valence-electron chi connectivity index (χ2n) is 2.11. The molecule has 0 aromatic heterocycles. The molecule has 1 N–H and O–H groups in total. The Bertz CT molecular complexity index is 136. The molecule has 3 nitrogen and oxygen atoms in total. The highest BCUT2D eigenvalue weighted by Crippen LogP contribution is 2.22. The van der Waals surface area contributed by atoms with E-state index >= 15 is 0 Å². The summed E-state index contributed by atoms with van der Waals surface area (Å²) in [7, 11) is 0. The van der Waals surface area contributed by atoms with Crippen molar-refractivity contribution < 1.29 is 23.4 Å². The number of unbranched alkanes of at least 4 members (excludes halogenated alkanes) is 1. The molecule has 5 heteroatoms. The monoisotopic (exact) mass is 168 g/mol. The first-order valence-corrected chi connectivity index (χ1v) is 3.27. The molecule has 0 saturated carbocycles. The van der Waals surface area contributed by atoms with Crippen LogP contribution in [0.25, 0.3) is 0 Å². The Labute approximate surface area is 63.0 Å². The molecule has 0 aromatic rings. The summed E-state index contributed by atoms with van der Waals surface area (Å²) in [6.07, 6.45) is -5.18. The molecule has 11 heavy (non-hydrogen) atoms. The lowest BCUT2D eigenvalue weighted by Gasteiger charge is -2.12. The number of carbonyl (C=O) groups is 1. The van der Waals surface area contributed by atoms with Crippen LogP contribution >= 0.6 is 0 Å². The van der Waals surface area contributed by atoms with Crippen LogP contribution in [0.2, 0.25) is 0 Å². The summed E-state index contributed by atoms with van der Waals surface area (Å²) in [5.74, 6) is 0. The first-order valence-electron chi connectivity index (χ1n) is 3.27. The van der Waals surface area contributed by atoms with Crippen molar-refractivity contribution in [1.29, 1.82) is 0 Å². The van der Waals surface area contributed by atoms with E-state index in [2.05, 4.69) is 4.74 Å². The van der Waals surface area contributed by atoms with E-state index in [0.717, 1.165) is 0 Å². The molecule has 0 atom stereocenters. The van der Waals surface area contributed by atoms with Gasteiger partial charge in [-0.15, -0.1) is 0 Å². The summed E-state index contributed by atoms with van der Waals surface area (Å²) in [4.78, 5) is 9.68. The van der Waals surface area contributed by atoms with Crippen molar-refractivity contribution in [3.63, 3.8) is 0 Å². The Hall–Kier alpha value is -0.870. The molecule has 0 spiro atoms. The fourth-order valence-electron chi connectivity index (χ4n) is 0.561. The van der Waals surface area contributed by atoms with Crippen molar-refractivity contribution in [3.8, 4) is 0 Å². The molecule has 0 rings (SSSR count). The molecular weight excluding hydrogens is 158 g/mol. The van der Waals surface area contributed by atoms with Gasteiger partial charge in [-0.2, -0.15) is 8.78 Å². The average Bonchev–Trinajstić information content (AvgIpc) is 1.81. The van der Waals surface area contributed by atoms with Crippen molar-refractivity contribution in [2.24, 2.45) is 0 Å². The van der Waals surface area contributed by atoms with Gasteiger partial charge in [0.05, 0.1) is 6.42 Å². The third-order valence-electron chi connectivity index (χ3n) is 1.06. The van der Waals surface area contributed by atoms with E-state index < -0.39 is 18.7 Å². The third kappa shape index (κ3) is 5.57. The summed E-state index contributed by atoms with van der Waals surface area (Å²) in [5.41, 5.74) is 0. The smallest absolute Gasteiger partial charge is 0.450 e. The zero-order valence-electron chi connectivity index (χ0n) is 6.14. The maximum absolute atomic E-state index is 12.3. The van der Waals surface area contributed by atoms with Crippen LogP contribution in [0.4, 0.5) is 13.6 Å². The van der Waals surface area contributed by atoms with Gasteiger partial charge < -0.3 is 9.84 Å². The molecule has 0 aromatic carbocycles. The van der Waals surface area contributed by atoms with E-state index in [0.29, 0.717) is 6.42 Å². The van der Waals surface area contributed by atoms with Crippen LogP contribution in [-0.4, -0.2) is 17.4 Å². The Morgan fingerprint density at radius 3 is 2.55 bits per heavy atom. The fourth-order valence-corrected chi connectivity index (χ4v) is 0.561. The molecule has 0 amide bonds. The van der Waals surface area contributed by atoms with Gasteiger partial charge in [-0.25, -0.2) is 4.79 Å². The van der Waals surface area contributed by atoms with E-state index in [1.54, 1.807) is 6.92 Å². The number of carboxylic acid groups (broad SMARTS) is 1. The number of rotatable bonds is 4. The highest BCUT2D eigenvalue weighted by molar-refractivity contribution is 5.57. The molecule has 0 radical (unpaired) electrons. The van der Waals surface area contributed by atoms with E-state index in [-0.39, 0.29) is 6.42 Å². The average molecular weight is 168 g/mol. The molecule has 0 bridgehead atoms. The quantitative estimate of drug-likeness (QED) is 0.656. The maximum Gasteiger partial charge on any atom is 0.510 e. The summed E-state index contributed by atoms with van der Waals surface area (Å²) in [5, 5.41) is 7.85. The topological polar surface area (TPSA) is 46.5 Å². The molecule has 0 heterocycles. The van der Waals surface area contributed by atoms with E-state index in [1.165, 1.54) is 0 Å². The standard InChI is InChI=1S/C6H10F2O3/c1-2-3-4-6(7,8)11-5(9)10/h2-4H2,1H3,(H,9,10). The van der Waals surface area contributed by atoms with Crippen LogP contribution in [0.3, 0.4) is 0 Å². The Morgan fingerprint density at radius 2 is 2.18 bits per heavy atom. The molecular formula is C6H10F2O3. The van der Waals surface area contributed by atoms with Gasteiger partial charge in [0, 0.05) is 0 Å². The third-order valence-corrected chi connectivity index (χ3v) is 1.06. The minimum Gasteiger partial charge on any atom is -0.450 e. The van der Waals surface area contributed by atoms with Gasteiger partial charge in [-0.05, 0) is 6.42 Å². The number of hydrogen-bond donors (Lipinski definition) is 1. The van der Waals surface area contributed by atoms with Gasteiger partial charge in [-0.3, -0.25) is 0 Å². The number of ether oxygens (including phenoxy) is 1. The summed E-state index contributed by atoms with van der Waals surface area (Å²) < 4.78 is 27.8. The van der Waals surface area contributed by atoms with Crippen LogP contribution in [0.15, 0.2) is 0 Å². The normalized spacial score (nSPS) is 11.2. The van der Waals surface area contributed by atoms with Gasteiger partial charge in [0.15, 0.2) is 0 Å². The van der Waals surface area contributed by atoms with Gasteiger partial charge in [0.2, 0.25) is 0 Å². The Kier molecular flexibility index (Phi) is 3.78. The second kappa shape index (κ2) is 4.10. The molecule has 0 unspecified atom stereocenters. The molecule has 0 fully saturated rings. The van der Waals surface area contributed by atoms with Crippen LogP contribution in [0.1, 0.15) is 26.2 Å². The maximum atomic E-state index is 12.3. The zero-order chi connectivity index (χ0) is 8.91. The predicted octanol–water partition coefficient (Wildman–Crippen LogP) is 2.46. The van der Waals surface area contributed by atoms with Crippen LogP contribution in [0, 0.1) is 0 Å². The van der Waals surface area contributed by atoms with Gasteiger partial charge >= 0.3 is 12.3 Å². The van der Waals surface area contributed by atoms with Crippen LogP contribution in [0.5, 0.6) is 0 Å². The lowest BCUT2D eigenvalue weighted by atomic mass is 10.2. The highest BCUT2D eigenvalue weighted by atomic mass is 19.3. The SMILES string of the molecule is CCCCC(F)(F)OC(=O)O. The molecule has 66 valence electrons. The first-order chi connectivity index (χ1) is 4.98. The van der Waals surface area contributed by atoms with Crippen molar-refractivity contribution in [2.75, 3.05) is 0 Å². The summed E-state index contributed by atoms with van der Waals surface area (Å²) in [6.45, 7) is 1.73. The Balaban J connectivity index is 3.70. The minimum absolute atomic E-state index is 0.250. The number of alkyl halides is 2. The van der Waals surface area contributed by atoms with Crippen molar-refractivity contribution in [3.05, 3.63) is 0 Å². The Morgan fingerprint density at radius 1 is 1.64 bits per heavy atom. The molecule has 0 aliphatic heterocycles. The summed E-state index contributed by atoms with van der Waals surface area (Å²) >= 11 is 0. The second-order valence-corrected chi connectivity index (χ2v) is 2.11. The van der Waals surface area contributed by atoms with Gasteiger partial charge in [0.25, 0.3) is 0 Å². The van der Waals surface area contributed by atoms with E-state index in [4.69, 9.17) is 5.11 Å². The van der Waals surface area contributed by atoms with Gasteiger partial charge in [-0.1, -0.05) is 13.3 Å². The molecule has 0 aliphatic rings. The van der Waals surface area contributed by atoms with Crippen molar-refractivity contribution >= 4 is 6.16 Å². The van der Waals surface area contributed by atoms with Crippen molar-refractivity contribution in [1.82, 2.24) is 0 Å². The van der Waals surface area contributed by atoms with Crippen LogP contribution < -0.4 is 0 Å². The predicted molar refractivity (Wildman–Crippen MR) is 33.6 cm³/mol. The first kappa shape index (κ1) is 10.1. The largest absolute Gasteiger partial charge is 0.510 e. The van der Waals surface area contributed by atoms with E-state index in [9.17, 15) is 13.6 Å². The van der Waals surface area contributed by atoms with E-state index in [1.807, 2.05) is 0 Å². The molecule has 0 aliphatic carbocycles. The lowest BCUT2D eigenvalue weighted by Crippen LogP contribution is -2.23. The fraction of sp³-hybridized carbons (Fsp3) is 0.833.